The van der Waals surface area contributed by atoms with E-state index < -0.39 is 0 Å². The molecule has 118 valence electrons. The van der Waals surface area contributed by atoms with Crippen molar-refractivity contribution in [2.24, 2.45) is 0 Å². The van der Waals surface area contributed by atoms with Crippen molar-refractivity contribution in [3.63, 3.8) is 0 Å². The van der Waals surface area contributed by atoms with Gasteiger partial charge in [-0.2, -0.15) is 0 Å². The molecule has 0 saturated carbocycles. The summed E-state index contributed by atoms with van der Waals surface area (Å²) in [6.07, 6.45) is 0. The number of amides is 2. The van der Waals surface area contributed by atoms with Crippen molar-refractivity contribution in [1.29, 1.82) is 0 Å². The van der Waals surface area contributed by atoms with Gasteiger partial charge in [0.2, 0.25) is 5.91 Å². The van der Waals surface area contributed by atoms with E-state index in [0.717, 1.165) is 11.4 Å². The number of hydrogen-bond acceptors (Lipinski definition) is 3. The van der Waals surface area contributed by atoms with Crippen LogP contribution in [-0.4, -0.2) is 24.0 Å². The molecule has 0 atom stereocenters. The lowest BCUT2D eigenvalue weighted by Gasteiger charge is -2.16. The number of thiocarbonyl (C=S) groups is 1. The summed E-state index contributed by atoms with van der Waals surface area (Å²) in [4.78, 5) is 24.8. The average Bonchev–Trinajstić information content (AvgIpc) is 2.55. The molecule has 2 amide bonds. The minimum atomic E-state index is -0.268. The van der Waals surface area contributed by atoms with E-state index in [1.165, 1.54) is 6.92 Å². The zero-order chi connectivity index (χ0) is 16.8. The van der Waals surface area contributed by atoms with Gasteiger partial charge in [-0.05, 0) is 48.6 Å². The summed E-state index contributed by atoms with van der Waals surface area (Å²) in [7, 11) is 1.70. The van der Waals surface area contributed by atoms with Crippen LogP contribution in [0.15, 0.2) is 54.6 Å². The third kappa shape index (κ3) is 4.62. The highest BCUT2D eigenvalue weighted by atomic mass is 32.1. The summed E-state index contributed by atoms with van der Waals surface area (Å²) in [5.74, 6) is -0.313. The predicted octanol–water partition coefficient (Wildman–Crippen LogP) is 2.80. The Labute approximate surface area is 140 Å². The predicted molar refractivity (Wildman–Crippen MR) is 95.7 cm³/mol. The van der Waals surface area contributed by atoms with Crippen molar-refractivity contribution in [3.8, 4) is 0 Å². The summed E-state index contributed by atoms with van der Waals surface area (Å²) in [5.41, 5.74) is 2.04. The van der Waals surface area contributed by atoms with Gasteiger partial charge in [-0.1, -0.05) is 18.2 Å². The van der Waals surface area contributed by atoms with Gasteiger partial charge in [-0.25, -0.2) is 0 Å². The molecule has 2 rings (SSSR count). The molecule has 6 heteroatoms. The molecule has 0 heterocycles. The summed E-state index contributed by atoms with van der Waals surface area (Å²) in [6, 6.07) is 16.0. The highest BCUT2D eigenvalue weighted by molar-refractivity contribution is 7.80. The maximum atomic E-state index is 12.0. The minimum Gasteiger partial charge on any atom is -0.332 e. The van der Waals surface area contributed by atoms with Crippen LogP contribution in [0.1, 0.15) is 17.3 Å². The summed E-state index contributed by atoms with van der Waals surface area (Å²) in [5, 5.41) is 5.77. The normalized spacial score (nSPS) is 9.83. The highest BCUT2D eigenvalue weighted by Crippen LogP contribution is 2.16. The summed E-state index contributed by atoms with van der Waals surface area (Å²) >= 11 is 5.13. The van der Waals surface area contributed by atoms with Crippen LogP contribution in [0.25, 0.3) is 0 Å². The van der Waals surface area contributed by atoms with Crippen molar-refractivity contribution in [2.75, 3.05) is 17.3 Å². The fourth-order valence-electron chi connectivity index (χ4n) is 1.88. The van der Waals surface area contributed by atoms with Crippen LogP contribution in [0.2, 0.25) is 0 Å². The van der Waals surface area contributed by atoms with Crippen LogP contribution in [0, 0.1) is 0 Å². The Balaban J connectivity index is 1.95. The molecule has 2 N–H and O–H groups in total. The van der Waals surface area contributed by atoms with Crippen molar-refractivity contribution in [2.45, 2.75) is 6.92 Å². The fraction of sp³-hybridized carbons (Fsp3) is 0.118. The van der Waals surface area contributed by atoms with E-state index in [9.17, 15) is 9.59 Å². The van der Waals surface area contributed by atoms with E-state index in [-0.39, 0.29) is 16.9 Å². The zero-order valence-corrected chi connectivity index (χ0v) is 13.7. The van der Waals surface area contributed by atoms with Gasteiger partial charge in [0.05, 0.1) is 0 Å². The first-order valence-electron chi connectivity index (χ1n) is 6.99. The van der Waals surface area contributed by atoms with Crippen LogP contribution >= 0.6 is 12.2 Å². The molecule has 0 aliphatic carbocycles. The Morgan fingerprint density at radius 3 is 2.17 bits per heavy atom. The standard InChI is InChI=1S/C17H17N3O2S/c1-12(21)20(2)15-10-8-14(9-11-15)18-17(23)19-16(22)13-6-4-3-5-7-13/h3-11H,1-2H3,(H2,18,19,22,23). The first kappa shape index (κ1) is 16.6. The van der Waals surface area contributed by atoms with Crippen molar-refractivity contribution in [3.05, 3.63) is 60.2 Å². The molecule has 0 aliphatic rings. The molecular formula is C17H17N3O2S. The molecular weight excluding hydrogens is 310 g/mol. The van der Waals surface area contributed by atoms with Gasteiger partial charge in [-0.3, -0.25) is 14.9 Å². The Bertz CT molecular complexity index is 714. The number of carbonyl (C=O) groups excluding carboxylic acids is 2. The highest BCUT2D eigenvalue weighted by Gasteiger charge is 2.08. The molecule has 0 spiro atoms. The number of benzene rings is 2. The third-order valence-electron chi connectivity index (χ3n) is 3.25. The average molecular weight is 327 g/mol. The van der Waals surface area contributed by atoms with E-state index in [0.29, 0.717) is 5.56 Å². The van der Waals surface area contributed by atoms with Gasteiger partial charge in [0.1, 0.15) is 0 Å². The van der Waals surface area contributed by atoms with Crippen molar-refractivity contribution < 1.29 is 9.59 Å². The molecule has 2 aromatic carbocycles. The summed E-state index contributed by atoms with van der Waals surface area (Å²) in [6.45, 7) is 1.50. The van der Waals surface area contributed by atoms with E-state index >= 15 is 0 Å². The van der Waals surface area contributed by atoms with Gasteiger partial charge >= 0.3 is 0 Å². The number of nitrogens with one attached hydrogen (secondary N) is 2. The Morgan fingerprint density at radius 1 is 1.00 bits per heavy atom. The van der Waals surface area contributed by atoms with Crippen LogP contribution in [0.5, 0.6) is 0 Å². The molecule has 5 nitrogen and oxygen atoms in total. The first-order chi connectivity index (χ1) is 11.0. The minimum absolute atomic E-state index is 0.0450. The lowest BCUT2D eigenvalue weighted by Crippen LogP contribution is -2.34. The number of anilines is 2. The smallest absolute Gasteiger partial charge is 0.257 e. The number of rotatable bonds is 3. The lowest BCUT2D eigenvalue weighted by molar-refractivity contribution is -0.116. The Kier molecular flexibility index (Phi) is 5.43. The molecule has 23 heavy (non-hydrogen) atoms. The Hall–Kier alpha value is -2.73. The second-order valence-electron chi connectivity index (χ2n) is 4.90. The monoisotopic (exact) mass is 327 g/mol. The molecule has 0 fully saturated rings. The molecule has 0 saturated heterocycles. The molecule has 0 radical (unpaired) electrons. The van der Waals surface area contributed by atoms with Gasteiger partial charge in [-0.15, -0.1) is 0 Å². The second kappa shape index (κ2) is 7.51. The molecule has 0 bridgehead atoms. The maximum absolute atomic E-state index is 12.0. The SMILES string of the molecule is CC(=O)N(C)c1ccc(NC(=S)NC(=O)c2ccccc2)cc1. The van der Waals surface area contributed by atoms with E-state index in [1.807, 2.05) is 6.07 Å². The van der Waals surface area contributed by atoms with Gasteiger partial charge in [0.25, 0.3) is 5.91 Å². The molecule has 0 aromatic heterocycles. The topological polar surface area (TPSA) is 61.4 Å². The maximum Gasteiger partial charge on any atom is 0.257 e. The number of nitrogens with zero attached hydrogens (tertiary/aromatic N) is 1. The number of carbonyl (C=O) groups is 2. The summed E-state index contributed by atoms with van der Waals surface area (Å²) < 4.78 is 0. The van der Waals surface area contributed by atoms with E-state index in [2.05, 4.69) is 10.6 Å². The van der Waals surface area contributed by atoms with E-state index in [4.69, 9.17) is 12.2 Å². The van der Waals surface area contributed by atoms with Crippen LogP contribution in [-0.2, 0) is 4.79 Å². The molecule has 0 unspecified atom stereocenters. The van der Waals surface area contributed by atoms with Crippen molar-refractivity contribution >= 4 is 40.5 Å². The van der Waals surface area contributed by atoms with Crippen molar-refractivity contribution in [1.82, 2.24) is 5.32 Å². The number of hydrogen-bond donors (Lipinski definition) is 2. The lowest BCUT2D eigenvalue weighted by atomic mass is 10.2. The second-order valence-corrected chi connectivity index (χ2v) is 5.31. The fourth-order valence-corrected chi connectivity index (χ4v) is 2.09. The van der Waals surface area contributed by atoms with Crippen LogP contribution in [0.4, 0.5) is 11.4 Å². The first-order valence-corrected chi connectivity index (χ1v) is 7.40. The largest absolute Gasteiger partial charge is 0.332 e. The van der Waals surface area contributed by atoms with E-state index in [1.54, 1.807) is 60.5 Å². The van der Waals surface area contributed by atoms with Gasteiger partial charge in [0, 0.05) is 30.9 Å². The molecule has 2 aromatic rings. The Morgan fingerprint density at radius 2 is 1.61 bits per heavy atom. The van der Waals surface area contributed by atoms with Gasteiger partial charge in [0.15, 0.2) is 5.11 Å². The van der Waals surface area contributed by atoms with Crippen LogP contribution < -0.4 is 15.5 Å². The molecule has 0 aliphatic heterocycles. The zero-order valence-electron chi connectivity index (χ0n) is 12.9. The van der Waals surface area contributed by atoms with Crippen LogP contribution in [0.3, 0.4) is 0 Å². The third-order valence-corrected chi connectivity index (χ3v) is 3.45. The quantitative estimate of drug-likeness (QED) is 0.851. The van der Waals surface area contributed by atoms with Gasteiger partial charge < -0.3 is 10.2 Å².